The molecule has 0 spiro atoms. The van der Waals surface area contributed by atoms with E-state index in [0.29, 0.717) is 0 Å². The van der Waals surface area contributed by atoms with Crippen molar-refractivity contribution >= 4 is 5.97 Å². The summed E-state index contributed by atoms with van der Waals surface area (Å²) in [4.78, 5) is 9.76. The van der Waals surface area contributed by atoms with Crippen LogP contribution in [-0.4, -0.2) is 5.97 Å². The summed E-state index contributed by atoms with van der Waals surface area (Å²) in [5, 5.41) is 9.76. The maximum Gasteiger partial charge on any atom is 1.00 e. The molecule has 0 saturated carbocycles. The van der Waals surface area contributed by atoms with Crippen LogP contribution in [-0.2, 0) is 4.79 Å². The number of carboxylic acid groups (broad SMARTS) is 1. The van der Waals surface area contributed by atoms with Crippen LogP contribution < -0.4 is 34.7 Å². The first-order valence-corrected chi connectivity index (χ1v) is 3.15. The molecule has 0 aromatic rings. The van der Waals surface area contributed by atoms with Crippen molar-refractivity contribution in [2.24, 2.45) is 0 Å². The van der Waals surface area contributed by atoms with Crippen molar-refractivity contribution < 1.29 is 39.5 Å². The van der Waals surface area contributed by atoms with Gasteiger partial charge in [0.1, 0.15) is 0 Å². The quantitative estimate of drug-likeness (QED) is 0.252. The molecule has 0 bridgehead atoms. The molecule has 0 aromatic carbocycles. The van der Waals surface area contributed by atoms with Crippen molar-refractivity contribution in [1.29, 1.82) is 0 Å². The van der Waals surface area contributed by atoms with Gasteiger partial charge in [-0.25, -0.2) is 0 Å². The molecule has 0 aliphatic rings. The summed E-state index contributed by atoms with van der Waals surface area (Å²) < 4.78 is 0. The van der Waals surface area contributed by atoms with Gasteiger partial charge in [0.15, 0.2) is 0 Å². The molecule has 3 heteroatoms. The molecule has 0 N–H and O–H groups in total. The number of hydrogen-bond donors (Lipinski definition) is 0. The maximum atomic E-state index is 9.76. The zero-order valence-electron chi connectivity index (χ0n) is 6.59. The van der Waals surface area contributed by atoms with E-state index < -0.39 is 5.97 Å². The molecule has 0 aromatic heterocycles. The molecule has 52 valence electrons. The number of hydrogen-bond acceptors (Lipinski definition) is 2. The third kappa shape index (κ3) is 11.1. The standard InChI is InChI=1S/C7H12O2.Na/c1-2-3-4-5-6-7(8)9;/h5-6H,2-4H2,1H3,(H,8,9);/q;+1/p-1/b6-5+;. The molecular formula is C7H11NaO2. The van der Waals surface area contributed by atoms with Gasteiger partial charge in [0.25, 0.3) is 0 Å². The van der Waals surface area contributed by atoms with E-state index in [1.54, 1.807) is 6.08 Å². The molecule has 0 unspecified atom stereocenters. The Labute approximate surface area is 83.6 Å². The third-order valence-corrected chi connectivity index (χ3v) is 0.978. The van der Waals surface area contributed by atoms with Crippen molar-refractivity contribution in [3.8, 4) is 0 Å². The fourth-order valence-corrected chi connectivity index (χ4v) is 0.502. The Balaban J connectivity index is 0. The Kier molecular flexibility index (Phi) is 11.8. The van der Waals surface area contributed by atoms with E-state index in [-0.39, 0.29) is 29.6 Å². The summed E-state index contributed by atoms with van der Waals surface area (Å²) in [6.07, 6.45) is 5.68. The number of carbonyl (C=O) groups is 1. The van der Waals surface area contributed by atoms with Gasteiger partial charge in [0, 0.05) is 0 Å². The molecule has 0 amide bonds. The fourth-order valence-electron chi connectivity index (χ4n) is 0.502. The fraction of sp³-hybridized carbons (Fsp3) is 0.571. The van der Waals surface area contributed by atoms with Gasteiger partial charge in [-0.15, -0.1) is 0 Å². The first kappa shape index (κ1) is 12.8. The summed E-state index contributed by atoms with van der Waals surface area (Å²) in [7, 11) is 0. The molecule has 0 aliphatic heterocycles. The summed E-state index contributed by atoms with van der Waals surface area (Å²) in [5.41, 5.74) is 0. The average molecular weight is 150 g/mol. The summed E-state index contributed by atoms with van der Waals surface area (Å²) in [5.74, 6) is -1.11. The number of rotatable bonds is 4. The number of unbranched alkanes of at least 4 members (excludes halogenated alkanes) is 2. The number of carboxylic acids is 1. The molecule has 0 radical (unpaired) electrons. The summed E-state index contributed by atoms with van der Waals surface area (Å²) in [6, 6.07) is 0. The van der Waals surface area contributed by atoms with E-state index in [1.807, 2.05) is 0 Å². The summed E-state index contributed by atoms with van der Waals surface area (Å²) >= 11 is 0. The minimum Gasteiger partial charge on any atom is -0.545 e. The largest absolute Gasteiger partial charge is 1.00 e. The topological polar surface area (TPSA) is 40.1 Å². The van der Waals surface area contributed by atoms with E-state index in [9.17, 15) is 9.90 Å². The number of aliphatic carboxylic acids is 1. The van der Waals surface area contributed by atoms with Gasteiger partial charge in [-0.05, 0) is 12.5 Å². The smallest absolute Gasteiger partial charge is 0.545 e. The van der Waals surface area contributed by atoms with Crippen molar-refractivity contribution in [3.63, 3.8) is 0 Å². The minimum absolute atomic E-state index is 0. The average Bonchev–Trinajstić information content (AvgIpc) is 1.80. The van der Waals surface area contributed by atoms with Crippen LogP contribution in [0.4, 0.5) is 0 Å². The minimum atomic E-state index is -1.11. The molecule has 0 rings (SSSR count). The van der Waals surface area contributed by atoms with Crippen molar-refractivity contribution in [2.45, 2.75) is 26.2 Å². The monoisotopic (exact) mass is 150 g/mol. The Morgan fingerprint density at radius 2 is 2.20 bits per heavy atom. The molecule has 0 fully saturated rings. The van der Waals surface area contributed by atoms with Gasteiger partial charge in [0.05, 0.1) is 5.97 Å². The van der Waals surface area contributed by atoms with Crippen LogP contribution in [0.3, 0.4) is 0 Å². The maximum absolute atomic E-state index is 9.76. The molecule has 0 heterocycles. The molecule has 0 atom stereocenters. The Bertz CT molecular complexity index is 110. The van der Waals surface area contributed by atoms with Crippen LogP contribution in [0.1, 0.15) is 26.2 Å². The van der Waals surface area contributed by atoms with Gasteiger partial charge in [-0.1, -0.05) is 25.8 Å². The Morgan fingerprint density at radius 1 is 1.60 bits per heavy atom. The van der Waals surface area contributed by atoms with Gasteiger partial charge in [0.2, 0.25) is 0 Å². The second kappa shape index (κ2) is 9.21. The molecule has 0 saturated heterocycles. The SMILES string of the molecule is CCCC/C=C/C(=O)[O-].[Na+]. The van der Waals surface area contributed by atoms with E-state index in [0.717, 1.165) is 25.3 Å². The normalized spacial score (nSPS) is 9.30. The van der Waals surface area contributed by atoms with E-state index in [4.69, 9.17) is 0 Å². The first-order chi connectivity index (χ1) is 4.27. The second-order valence-corrected chi connectivity index (χ2v) is 1.86. The Morgan fingerprint density at radius 3 is 2.60 bits per heavy atom. The second-order valence-electron chi connectivity index (χ2n) is 1.86. The predicted octanol–water partition coefficient (Wildman–Crippen LogP) is -2.51. The number of allylic oxidation sites excluding steroid dienone is 1. The van der Waals surface area contributed by atoms with Gasteiger partial charge in [-0.2, -0.15) is 0 Å². The molecular weight excluding hydrogens is 139 g/mol. The van der Waals surface area contributed by atoms with Gasteiger partial charge < -0.3 is 9.90 Å². The van der Waals surface area contributed by atoms with Crippen LogP contribution in [0.2, 0.25) is 0 Å². The summed E-state index contributed by atoms with van der Waals surface area (Å²) in [6.45, 7) is 2.06. The predicted molar refractivity (Wildman–Crippen MR) is 33.7 cm³/mol. The van der Waals surface area contributed by atoms with E-state index >= 15 is 0 Å². The van der Waals surface area contributed by atoms with Gasteiger partial charge >= 0.3 is 29.6 Å². The van der Waals surface area contributed by atoms with Crippen molar-refractivity contribution in [2.75, 3.05) is 0 Å². The van der Waals surface area contributed by atoms with Crippen LogP contribution in [0.5, 0.6) is 0 Å². The van der Waals surface area contributed by atoms with Gasteiger partial charge in [-0.3, -0.25) is 0 Å². The zero-order valence-corrected chi connectivity index (χ0v) is 8.59. The third-order valence-electron chi connectivity index (χ3n) is 0.978. The molecule has 0 aliphatic carbocycles. The van der Waals surface area contributed by atoms with Crippen LogP contribution in [0.25, 0.3) is 0 Å². The first-order valence-electron chi connectivity index (χ1n) is 3.15. The van der Waals surface area contributed by atoms with E-state index in [2.05, 4.69) is 6.92 Å². The van der Waals surface area contributed by atoms with Crippen LogP contribution >= 0.6 is 0 Å². The van der Waals surface area contributed by atoms with Crippen LogP contribution in [0.15, 0.2) is 12.2 Å². The Hall–Kier alpha value is 0.210. The van der Waals surface area contributed by atoms with E-state index in [1.165, 1.54) is 0 Å². The molecule has 2 nitrogen and oxygen atoms in total. The zero-order chi connectivity index (χ0) is 7.11. The number of carbonyl (C=O) groups excluding carboxylic acids is 1. The van der Waals surface area contributed by atoms with Crippen molar-refractivity contribution in [1.82, 2.24) is 0 Å². The van der Waals surface area contributed by atoms with Crippen molar-refractivity contribution in [3.05, 3.63) is 12.2 Å². The van der Waals surface area contributed by atoms with Crippen LogP contribution in [0, 0.1) is 0 Å². The molecule has 10 heavy (non-hydrogen) atoms.